The summed E-state index contributed by atoms with van der Waals surface area (Å²) in [6, 6.07) is -0.886. The summed E-state index contributed by atoms with van der Waals surface area (Å²) in [7, 11) is 1.27. The number of carbonyl (C=O) groups excluding carboxylic acids is 1. The van der Waals surface area contributed by atoms with E-state index in [9.17, 15) is 19.4 Å². The molecule has 0 fully saturated rings. The van der Waals surface area contributed by atoms with Gasteiger partial charge in [0.2, 0.25) is 5.91 Å². The predicted octanol–water partition coefficient (Wildman–Crippen LogP) is 15.0. The Labute approximate surface area is 385 Å². The number of aliphatic hydroxyl groups is 1. The Morgan fingerprint density at radius 1 is 0.548 bits per heavy atom. The molecule has 368 valence electrons. The lowest BCUT2D eigenvalue weighted by Gasteiger charge is -2.29. The molecule has 0 radical (unpaired) electrons. The largest absolute Gasteiger partial charge is 0.756 e. The van der Waals surface area contributed by atoms with Gasteiger partial charge in [0.1, 0.15) is 13.2 Å². The average molecular weight is 897 g/mol. The minimum Gasteiger partial charge on any atom is -0.756 e. The van der Waals surface area contributed by atoms with Gasteiger partial charge < -0.3 is 28.8 Å². The Morgan fingerprint density at radius 3 is 1.27 bits per heavy atom. The van der Waals surface area contributed by atoms with E-state index in [0.717, 1.165) is 38.5 Å². The van der Waals surface area contributed by atoms with Crippen molar-refractivity contribution < 1.29 is 32.9 Å². The van der Waals surface area contributed by atoms with E-state index in [-0.39, 0.29) is 19.1 Å². The van der Waals surface area contributed by atoms with Gasteiger partial charge in [-0.3, -0.25) is 9.36 Å². The SMILES string of the molecule is CCCCCC/C=C\CCCCCCCCCC(=O)NC(COP(=O)([O-])OCC[N+](C)(C)C)C(O)/C=C/CCCCCCCCCCCCCCCCCCCCCCCCC. The van der Waals surface area contributed by atoms with Crippen LogP contribution in [0.1, 0.15) is 258 Å². The van der Waals surface area contributed by atoms with E-state index in [1.807, 2.05) is 27.2 Å². The minimum atomic E-state index is -4.59. The molecular weight excluding hydrogens is 792 g/mol. The Kier molecular flexibility index (Phi) is 44.4. The number of likely N-dealkylation sites (N-methyl/N-ethyl adjacent to an activating group) is 1. The molecule has 0 aliphatic rings. The molecule has 62 heavy (non-hydrogen) atoms. The van der Waals surface area contributed by atoms with Gasteiger partial charge in [0.25, 0.3) is 7.82 Å². The molecule has 0 aliphatic heterocycles. The zero-order valence-electron chi connectivity index (χ0n) is 41.8. The monoisotopic (exact) mass is 897 g/mol. The van der Waals surface area contributed by atoms with Gasteiger partial charge in [0.05, 0.1) is 39.9 Å². The van der Waals surface area contributed by atoms with Crippen molar-refractivity contribution >= 4 is 13.7 Å². The fraction of sp³-hybridized carbons (Fsp3) is 0.906. The molecule has 0 aromatic carbocycles. The molecule has 0 aliphatic carbocycles. The van der Waals surface area contributed by atoms with Gasteiger partial charge in [-0.25, -0.2) is 0 Å². The number of phosphoric ester groups is 1. The number of hydrogen-bond donors (Lipinski definition) is 2. The summed E-state index contributed by atoms with van der Waals surface area (Å²) >= 11 is 0. The van der Waals surface area contributed by atoms with Crippen LogP contribution in [0.3, 0.4) is 0 Å². The lowest BCUT2D eigenvalue weighted by molar-refractivity contribution is -0.870. The average Bonchev–Trinajstić information content (AvgIpc) is 3.23. The van der Waals surface area contributed by atoms with Crippen LogP contribution in [0.15, 0.2) is 24.3 Å². The number of unbranched alkanes of at least 4 members (excludes halogenated alkanes) is 34. The summed E-state index contributed by atoms with van der Waals surface area (Å²) in [5, 5.41) is 13.9. The summed E-state index contributed by atoms with van der Waals surface area (Å²) < 4.78 is 23.3. The highest BCUT2D eigenvalue weighted by Crippen LogP contribution is 2.38. The van der Waals surface area contributed by atoms with E-state index in [0.29, 0.717) is 17.4 Å². The van der Waals surface area contributed by atoms with Gasteiger partial charge in [-0.05, 0) is 44.9 Å². The zero-order chi connectivity index (χ0) is 45.7. The molecule has 0 heterocycles. The van der Waals surface area contributed by atoms with Gasteiger partial charge in [-0.15, -0.1) is 0 Å². The van der Waals surface area contributed by atoms with Crippen molar-refractivity contribution in [1.82, 2.24) is 5.32 Å². The lowest BCUT2D eigenvalue weighted by Crippen LogP contribution is -2.45. The van der Waals surface area contributed by atoms with Crippen LogP contribution in [0.5, 0.6) is 0 Å². The fourth-order valence-electron chi connectivity index (χ4n) is 7.91. The number of carbonyl (C=O) groups is 1. The first-order valence-corrected chi connectivity index (χ1v) is 28.2. The third kappa shape index (κ3) is 47.0. The number of amides is 1. The van der Waals surface area contributed by atoms with E-state index < -0.39 is 20.0 Å². The van der Waals surface area contributed by atoms with Crippen LogP contribution >= 0.6 is 7.82 Å². The molecule has 0 aromatic rings. The second-order valence-electron chi connectivity index (χ2n) is 19.6. The van der Waals surface area contributed by atoms with E-state index in [1.54, 1.807) is 6.08 Å². The van der Waals surface area contributed by atoms with Crippen LogP contribution in [-0.4, -0.2) is 68.5 Å². The Bertz CT molecular complexity index is 1060. The Balaban J connectivity index is 4.22. The van der Waals surface area contributed by atoms with Crippen LogP contribution in [-0.2, 0) is 18.4 Å². The molecule has 1 amide bonds. The smallest absolute Gasteiger partial charge is 0.268 e. The maximum atomic E-state index is 12.9. The maximum absolute atomic E-state index is 12.9. The lowest BCUT2D eigenvalue weighted by atomic mass is 10.0. The quantitative estimate of drug-likeness (QED) is 0.0273. The van der Waals surface area contributed by atoms with E-state index in [4.69, 9.17) is 9.05 Å². The number of allylic oxidation sites excluding steroid dienone is 3. The topological polar surface area (TPSA) is 108 Å². The molecule has 3 atom stereocenters. The van der Waals surface area contributed by atoms with Crippen molar-refractivity contribution in [2.45, 2.75) is 270 Å². The molecule has 0 bridgehead atoms. The molecule has 9 heteroatoms. The predicted molar refractivity (Wildman–Crippen MR) is 265 cm³/mol. The zero-order valence-corrected chi connectivity index (χ0v) is 42.7. The first-order valence-electron chi connectivity index (χ1n) is 26.7. The molecule has 2 N–H and O–H groups in total. The summed E-state index contributed by atoms with van der Waals surface area (Å²) in [6.07, 6.45) is 55.3. The van der Waals surface area contributed by atoms with Gasteiger partial charge in [0.15, 0.2) is 0 Å². The highest BCUT2D eigenvalue weighted by molar-refractivity contribution is 7.45. The number of rotatable bonds is 49. The van der Waals surface area contributed by atoms with Crippen molar-refractivity contribution in [3.63, 3.8) is 0 Å². The van der Waals surface area contributed by atoms with Crippen molar-refractivity contribution in [1.29, 1.82) is 0 Å². The van der Waals surface area contributed by atoms with Crippen LogP contribution < -0.4 is 10.2 Å². The molecule has 8 nitrogen and oxygen atoms in total. The van der Waals surface area contributed by atoms with Gasteiger partial charge in [-0.2, -0.15) is 0 Å². The Morgan fingerprint density at radius 2 is 0.887 bits per heavy atom. The van der Waals surface area contributed by atoms with Crippen molar-refractivity contribution in [3.05, 3.63) is 24.3 Å². The molecule has 0 aromatic heterocycles. The molecule has 0 spiro atoms. The number of aliphatic hydroxyl groups excluding tert-OH is 1. The molecule has 0 saturated carbocycles. The molecule has 0 rings (SSSR count). The number of nitrogens with one attached hydrogen (secondary N) is 1. The van der Waals surface area contributed by atoms with Crippen molar-refractivity contribution in [2.75, 3.05) is 40.9 Å². The van der Waals surface area contributed by atoms with Crippen LogP contribution in [0.4, 0.5) is 0 Å². The van der Waals surface area contributed by atoms with Crippen molar-refractivity contribution in [3.8, 4) is 0 Å². The normalized spacial score (nSPS) is 14.2. The number of phosphoric acid groups is 1. The van der Waals surface area contributed by atoms with E-state index >= 15 is 0 Å². The van der Waals surface area contributed by atoms with Crippen molar-refractivity contribution in [2.24, 2.45) is 0 Å². The first kappa shape index (κ1) is 61.0. The molecule has 3 unspecified atom stereocenters. The van der Waals surface area contributed by atoms with Gasteiger partial charge in [-0.1, -0.05) is 231 Å². The Hall–Kier alpha value is -1.02. The second-order valence-corrected chi connectivity index (χ2v) is 21.0. The summed E-state index contributed by atoms with van der Waals surface area (Å²) in [4.78, 5) is 25.4. The standard InChI is InChI=1S/C53H105N2O6P/c1-6-8-10-12-14-16-18-20-22-23-24-25-26-27-28-29-30-31-33-34-36-38-40-42-44-46-52(56)51(50-61-62(58,59)60-49-48-55(3,4)5)54-53(57)47-45-43-41-39-37-35-32-21-19-17-15-13-11-9-7-2/h17,19,44,46,51-52,56H,6-16,18,20-43,45,47-50H2,1-5H3,(H-,54,57,58,59)/b19-17-,46-44+. The number of quaternary nitrogens is 1. The third-order valence-electron chi connectivity index (χ3n) is 12.2. The molecular formula is C53H105N2O6P. The van der Waals surface area contributed by atoms with Crippen LogP contribution in [0, 0.1) is 0 Å². The van der Waals surface area contributed by atoms with Gasteiger partial charge >= 0.3 is 0 Å². The molecule has 0 saturated heterocycles. The number of nitrogens with zero attached hydrogens (tertiary/aromatic N) is 1. The highest BCUT2D eigenvalue weighted by atomic mass is 31.2. The van der Waals surface area contributed by atoms with E-state index in [2.05, 4.69) is 31.3 Å². The summed E-state index contributed by atoms with van der Waals surface area (Å²) in [5.41, 5.74) is 0. The fourth-order valence-corrected chi connectivity index (χ4v) is 8.64. The van der Waals surface area contributed by atoms with Crippen LogP contribution in [0.25, 0.3) is 0 Å². The highest BCUT2D eigenvalue weighted by Gasteiger charge is 2.23. The third-order valence-corrected chi connectivity index (χ3v) is 13.1. The number of hydrogen-bond acceptors (Lipinski definition) is 6. The van der Waals surface area contributed by atoms with Crippen LogP contribution in [0.2, 0.25) is 0 Å². The summed E-state index contributed by atoms with van der Waals surface area (Å²) in [5.74, 6) is -0.200. The minimum absolute atomic E-state index is 0.000431. The van der Waals surface area contributed by atoms with Gasteiger partial charge in [0, 0.05) is 6.42 Å². The summed E-state index contributed by atoms with van der Waals surface area (Å²) in [6.45, 7) is 4.66. The van der Waals surface area contributed by atoms with E-state index in [1.165, 1.54) is 199 Å². The first-order chi connectivity index (χ1) is 30.0. The maximum Gasteiger partial charge on any atom is 0.268 e. The second kappa shape index (κ2) is 45.1.